The number of unbranched alkanes of at least 4 members (excludes halogenated alkanes) is 33. The van der Waals surface area contributed by atoms with Crippen molar-refractivity contribution in [3.63, 3.8) is 0 Å². The average molecular weight is 817 g/mol. The van der Waals surface area contributed by atoms with E-state index in [0.29, 0.717) is 19.4 Å². The lowest BCUT2D eigenvalue weighted by atomic mass is 10.0. The van der Waals surface area contributed by atoms with Crippen LogP contribution in [0.2, 0.25) is 0 Å². The molecule has 0 saturated heterocycles. The molecule has 1 atom stereocenters. The van der Waals surface area contributed by atoms with Gasteiger partial charge in [-0.15, -0.1) is 0 Å². The van der Waals surface area contributed by atoms with E-state index < -0.39 is 6.10 Å². The Bertz CT molecular complexity index is 882. The summed E-state index contributed by atoms with van der Waals surface area (Å²) in [6.45, 7) is 7.83. The largest absolute Gasteiger partial charge is 0.462 e. The number of hydrogen-bond donors (Lipinski definition) is 0. The van der Waals surface area contributed by atoms with E-state index in [1.165, 1.54) is 186 Å². The van der Waals surface area contributed by atoms with Crippen LogP contribution in [0.25, 0.3) is 0 Å². The van der Waals surface area contributed by atoms with E-state index in [1.807, 2.05) is 0 Å². The number of hydrogen-bond acceptors (Lipinski definition) is 5. The zero-order valence-corrected chi connectivity index (χ0v) is 39.3. The standard InChI is InChI=1S/C53H100O5/c1-4-7-10-13-16-19-22-25-26-27-30-33-36-39-42-45-48-56-49-51(58-53(55)47-44-41-38-35-32-29-24-21-18-15-12-9-6-3)50-57-52(54)46-43-40-37-34-31-28-23-20-17-14-11-8-5-2/h20-21,23-24,51H,4-19,22,25-50H2,1-3H3/b23-20-,24-21-/t51-/m1/s1. The highest BCUT2D eigenvalue weighted by Crippen LogP contribution is 2.15. The van der Waals surface area contributed by atoms with Gasteiger partial charge in [0.15, 0.2) is 6.10 Å². The highest BCUT2D eigenvalue weighted by atomic mass is 16.6. The van der Waals surface area contributed by atoms with Crippen LogP contribution in [0.1, 0.15) is 278 Å². The van der Waals surface area contributed by atoms with Crippen LogP contribution >= 0.6 is 0 Å². The van der Waals surface area contributed by atoms with Crippen molar-refractivity contribution in [2.75, 3.05) is 19.8 Å². The highest BCUT2D eigenvalue weighted by Gasteiger charge is 2.17. The summed E-state index contributed by atoms with van der Waals surface area (Å²) in [4.78, 5) is 25.3. The van der Waals surface area contributed by atoms with Crippen molar-refractivity contribution >= 4 is 11.9 Å². The molecule has 0 aromatic carbocycles. The molecule has 0 saturated carbocycles. The number of rotatable bonds is 48. The summed E-state index contributed by atoms with van der Waals surface area (Å²) in [6.07, 6.45) is 57.5. The fourth-order valence-electron chi connectivity index (χ4n) is 7.56. The fourth-order valence-corrected chi connectivity index (χ4v) is 7.56. The molecule has 0 aromatic rings. The van der Waals surface area contributed by atoms with Crippen LogP contribution < -0.4 is 0 Å². The summed E-state index contributed by atoms with van der Waals surface area (Å²) >= 11 is 0. The summed E-state index contributed by atoms with van der Waals surface area (Å²) < 4.78 is 17.4. The first-order valence-corrected chi connectivity index (χ1v) is 25.9. The lowest BCUT2D eigenvalue weighted by Crippen LogP contribution is -2.30. The van der Waals surface area contributed by atoms with Gasteiger partial charge in [0.05, 0.1) is 6.61 Å². The van der Waals surface area contributed by atoms with Gasteiger partial charge in [0.25, 0.3) is 0 Å². The first-order valence-electron chi connectivity index (χ1n) is 25.9. The number of esters is 2. The second-order valence-corrected chi connectivity index (χ2v) is 17.4. The van der Waals surface area contributed by atoms with Gasteiger partial charge in [-0.1, -0.05) is 218 Å². The Morgan fingerprint density at radius 3 is 1.07 bits per heavy atom. The predicted octanol–water partition coefficient (Wildman–Crippen LogP) is 17.2. The first kappa shape index (κ1) is 56.4. The van der Waals surface area contributed by atoms with Crippen LogP contribution in [0.15, 0.2) is 24.3 Å². The molecule has 58 heavy (non-hydrogen) atoms. The van der Waals surface area contributed by atoms with Gasteiger partial charge in [-0.3, -0.25) is 9.59 Å². The number of carbonyl (C=O) groups excluding carboxylic acids is 2. The Balaban J connectivity index is 4.23. The van der Waals surface area contributed by atoms with Gasteiger partial charge in [0, 0.05) is 19.4 Å². The summed E-state index contributed by atoms with van der Waals surface area (Å²) in [5, 5.41) is 0. The van der Waals surface area contributed by atoms with Crippen molar-refractivity contribution in [1.82, 2.24) is 0 Å². The Labute approximate surface area is 362 Å². The molecule has 0 heterocycles. The summed E-state index contributed by atoms with van der Waals surface area (Å²) in [5.74, 6) is -0.402. The third-order valence-corrected chi connectivity index (χ3v) is 11.5. The first-order chi connectivity index (χ1) is 28.6. The Morgan fingerprint density at radius 2 is 0.672 bits per heavy atom. The van der Waals surface area contributed by atoms with Crippen molar-refractivity contribution in [3.8, 4) is 0 Å². The molecule has 0 spiro atoms. The molecule has 0 amide bonds. The Morgan fingerprint density at radius 1 is 0.362 bits per heavy atom. The summed E-state index contributed by atoms with van der Waals surface area (Å²) in [6, 6.07) is 0. The van der Waals surface area contributed by atoms with Crippen molar-refractivity contribution < 1.29 is 23.8 Å². The van der Waals surface area contributed by atoms with E-state index in [1.54, 1.807) is 0 Å². The zero-order valence-electron chi connectivity index (χ0n) is 39.3. The van der Waals surface area contributed by atoms with Crippen molar-refractivity contribution in [3.05, 3.63) is 24.3 Å². The second-order valence-electron chi connectivity index (χ2n) is 17.4. The van der Waals surface area contributed by atoms with Crippen LogP contribution in [0.5, 0.6) is 0 Å². The van der Waals surface area contributed by atoms with E-state index in [0.717, 1.165) is 57.8 Å². The average Bonchev–Trinajstić information content (AvgIpc) is 3.22. The van der Waals surface area contributed by atoms with E-state index in [4.69, 9.17) is 14.2 Å². The topological polar surface area (TPSA) is 61.8 Å². The van der Waals surface area contributed by atoms with Crippen molar-refractivity contribution in [2.45, 2.75) is 284 Å². The highest BCUT2D eigenvalue weighted by molar-refractivity contribution is 5.70. The van der Waals surface area contributed by atoms with Crippen molar-refractivity contribution in [2.24, 2.45) is 0 Å². The van der Waals surface area contributed by atoms with E-state index in [-0.39, 0.29) is 25.2 Å². The van der Waals surface area contributed by atoms with E-state index in [2.05, 4.69) is 45.1 Å². The van der Waals surface area contributed by atoms with Crippen LogP contribution in [0.4, 0.5) is 0 Å². The van der Waals surface area contributed by atoms with Gasteiger partial charge in [0.2, 0.25) is 0 Å². The fraction of sp³-hybridized carbons (Fsp3) is 0.887. The molecule has 0 aliphatic heterocycles. The minimum Gasteiger partial charge on any atom is -0.462 e. The number of carbonyl (C=O) groups is 2. The molecule has 0 rings (SSSR count). The van der Waals surface area contributed by atoms with Gasteiger partial charge in [-0.25, -0.2) is 0 Å². The Hall–Kier alpha value is -1.62. The van der Waals surface area contributed by atoms with Gasteiger partial charge in [-0.05, 0) is 70.6 Å². The predicted molar refractivity (Wildman–Crippen MR) is 252 cm³/mol. The van der Waals surface area contributed by atoms with Gasteiger partial charge in [-0.2, -0.15) is 0 Å². The number of allylic oxidation sites excluding steroid dienone is 4. The minimum absolute atomic E-state index is 0.0838. The third-order valence-electron chi connectivity index (χ3n) is 11.5. The normalized spacial score (nSPS) is 12.3. The molecule has 5 nitrogen and oxygen atoms in total. The molecule has 0 N–H and O–H groups in total. The molecule has 0 radical (unpaired) electrons. The van der Waals surface area contributed by atoms with Crippen LogP contribution in [-0.2, 0) is 23.8 Å². The smallest absolute Gasteiger partial charge is 0.306 e. The SMILES string of the molecule is CCCCCC/C=C\CCCCCCCC(=O)OC[C@@H](COCCCCCCCCCCCCCCCCCC)OC(=O)CCCCCCC/C=C\CCCCCC. The molecule has 342 valence electrons. The number of ether oxygens (including phenoxy) is 3. The summed E-state index contributed by atoms with van der Waals surface area (Å²) in [7, 11) is 0. The quantitative estimate of drug-likeness (QED) is 0.0348. The summed E-state index contributed by atoms with van der Waals surface area (Å²) in [5.41, 5.74) is 0. The van der Waals surface area contributed by atoms with Crippen LogP contribution in [0, 0.1) is 0 Å². The van der Waals surface area contributed by atoms with E-state index in [9.17, 15) is 9.59 Å². The molecular formula is C53H100O5. The van der Waals surface area contributed by atoms with Crippen LogP contribution in [-0.4, -0.2) is 37.9 Å². The van der Waals surface area contributed by atoms with Crippen molar-refractivity contribution in [1.29, 1.82) is 0 Å². The third kappa shape index (κ3) is 47.1. The minimum atomic E-state index is -0.536. The maximum Gasteiger partial charge on any atom is 0.306 e. The molecule has 0 bridgehead atoms. The molecular weight excluding hydrogens is 717 g/mol. The van der Waals surface area contributed by atoms with Gasteiger partial charge in [0.1, 0.15) is 6.61 Å². The molecule has 0 aromatic heterocycles. The monoisotopic (exact) mass is 817 g/mol. The Kier molecular flexibility index (Phi) is 48.4. The van der Waals surface area contributed by atoms with Crippen LogP contribution in [0.3, 0.4) is 0 Å². The molecule has 0 fully saturated rings. The van der Waals surface area contributed by atoms with Gasteiger partial charge < -0.3 is 14.2 Å². The van der Waals surface area contributed by atoms with E-state index >= 15 is 0 Å². The molecule has 5 heteroatoms. The lowest BCUT2D eigenvalue weighted by molar-refractivity contribution is -0.163. The molecule has 0 unspecified atom stereocenters. The zero-order chi connectivity index (χ0) is 42.1. The maximum absolute atomic E-state index is 12.8. The maximum atomic E-state index is 12.8. The lowest BCUT2D eigenvalue weighted by Gasteiger charge is -2.18. The molecule has 0 aliphatic carbocycles. The second kappa shape index (κ2) is 49.7. The van der Waals surface area contributed by atoms with Gasteiger partial charge >= 0.3 is 11.9 Å². The molecule has 0 aliphatic rings.